The Morgan fingerprint density at radius 1 is 1.44 bits per heavy atom. The van der Waals surface area contributed by atoms with Crippen molar-refractivity contribution in [2.24, 2.45) is 0 Å². The van der Waals surface area contributed by atoms with Crippen LogP contribution in [0.5, 0.6) is 0 Å². The lowest BCUT2D eigenvalue weighted by Gasteiger charge is -2.21. The van der Waals surface area contributed by atoms with Gasteiger partial charge >= 0.3 is 5.97 Å². The molecule has 1 N–H and O–H groups in total. The fourth-order valence-corrected chi connectivity index (χ4v) is 1.86. The SMILES string of the molecule is CC[NH+](CC)[C@H](C)c1ccc(C(=O)OC)o1. The van der Waals surface area contributed by atoms with Gasteiger partial charge in [-0.05, 0) is 32.9 Å². The van der Waals surface area contributed by atoms with Crippen LogP contribution < -0.4 is 4.90 Å². The molecule has 1 rings (SSSR count). The van der Waals surface area contributed by atoms with E-state index < -0.39 is 5.97 Å². The minimum Gasteiger partial charge on any atom is -0.463 e. The molecule has 0 radical (unpaired) electrons. The highest BCUT2D eigenvalue weighted by molar-refractivity contribution is 5.86. The maximum Gasteiger partial charge on any atom is 0.373 e. The first kappa shape index (κ1) is 12.8. The zero-order valence-corrected chi connectivity index (χ0v) is 10.4. The van der Waals surface area contributed by atoms with Gasteiger partial charge in [-0.3, -0.25) is 0 Å². The van der Waals surface area contributed by atoms with E-state index in [0.29, 0.717) is 0 Å². The third kappa shape index (κ3) is 2.64. The maximum absolute atomic E-state index is 11.2. The van der Waals surface area contributed by atoms with Crippen molar-refractivity contribution >= 4 is 5.97 Å². The molecule has 1 heterocycles. The molecule has 0 bridgehead atoms. The van der Waals surface area contributed by atoms with Crippen molar-refractivity contribution in [1.82, 2.24) is 0 Å². The molecule has 1 atom stereocenters. The molecule has 0 aliphatic rings. The van der Waals surface area contributed by atoms with E-state index >= 15 is 0 Å². The Hall–Kier alpha value is -1.29. The molecule has 0 fully saturated rings. The van der Waals surface area contributed by atoms with Crippen LogP contribution in [0.25, 0.3) is 0 Å². The molecule has 0 saturated carbocycles. The van der Waals surface area contributed by atoms with Gasteiger partial charge in [-0.1, -0.05) is 0 Å². The molecular formula is C12H20NO3+. The number of quaternary nitrogens is 1. The first-order valence-corrected chi connectivity index (χ1v) is 5.66. The molecule has 1 aromatic heterocycles. The summed E-state index contributed by atoms with van der Waals surface area (Å²) >= 11 is 0. The van der Waals surface area contributed by atoms with Crippen molar-refractivity contribution in [2.45, 2.75) is 26.8 Å². The zero-order chi connectivity index (χ0) is 12.1. The van der Waals surface area contributed by atoms with Gasteiger partial charge in [0.25, 0.3) is 0 Å². The summed E-state index contributed by atoms with van der Waals surface area (Å²) in [5.41, 5.74) is 0. The smallest absolute Gasteiger partial charge is 0.373 e. The normalized spacial score (nSPS) is 12.8. The number of furan rings is 1. The van der Waals surface area contributed by atoms with Gasteiger partial charge in [-0.15, -0.1) is 0 Å². The van der Waals surface area contributed by atoms with Crippen molar-refractivity contribution in [2.75, 3.05) is 20.2 Å². The minimum absolute atomic E-state index is 0.258. The summed E-state index contributed by atoms with van der Waals surface area (Å²) in [5, 5.41) is 0. The Kier molecular flexibility index (Phi) is 4.55. The average Bonchev–Trinajstić information content (AvgIpc) is 2.78. The number of esters is 1. The zero-order valence-electron chi connectivity index (χ0n) is 10.4. The number of hydrogen-bond acceptors (Lipinski definition) is 3. The third-order valence-corrected chi connectivity index (χ3v) is 2.96. The molecule has 0 unspecified atom stereocenters. The molecule has 0 saturated heterocycles. The van der Waals surface area contributed by atoms with Crippen LogP contribution in [0, 0.1) is 0 Å². The van der Waals surface area contributed by atoms with Gasteiger partial charge < -0.3 is 14.1 Å². The average molecular weight is 226 g/mol. The number of rotatable bonds is 5. The molecule has 0 aliphatic carbocycles. The van der Waals surface area contributed by atoms with E-state index in [4.69, 9.17) is 4.42 Å². The predicted molar refractivity (Wildman–Crippen MR) is 60.5 cm³/mol. The molecule has 90 valence electrons. The minimum atomic E-state index is -0.423. The molecule has 0 amide bonds. The summed E-state index contributed by atoms with van der Waals surface area (Å²) in [6.07, 6.45) is 0. The topological polar surface area (TPSA) is 43.9 Å². The number of ether oxygens (including phenoxy) is 1. The fraction of sp³-hybridized carbons (Fsp3) is 0.583. The van der Waals surface area contributed by atoms with Crippen LogP contribution >= 0.6 is 0 Å². The lowest BCUT2D eigenvalue weighted by Crippen LogP contribution is -3.11. The summed E-state index contributed by atoms with van der Waals surface area (Å²) in [6.45, 7) is 8.44. The van der Waals surface area contributed by atoms with Crippen LogP contribution in [0.3, 0.4) is 0 Å². The van der Waals surface area contributed by atoms with Crippen LogP contribution in [0.2, 0.25) is 0 Å². The second-order valence-corrected chi connectivity index (χ2v) is 3.78. The van der Waals surface area contributed by atoms with Crippen LogP contribution in [0.15, 0.2) is 16.5 Å². The van der Waals surface area contributed by atoms with Crippen molar-refractivity contribution in [1.29, 1.82) is 0 Å². The van der Waals surface area contributed by atoms with E-state index in [1.807, 2.05) is 6.07 Å². The van der Waals surface area contributed by atoms with Gasteiger partial charge in [-0.25, -0.2) is 4.79 Å². The summed E-state index contributed by atoms with van der Waals surface area (Å²) in [7, 11) is 1.35. The summed E-state index contributed by atoms with van der Waals surface area (Å²) in [5.74, 6) is 0.683. The molecule has 0 spiro atoms. The maximum atomic E-state index is 11.2. The number of methoxy groups -OCH3 is 1. The molecule has 0 aromatic carbocycles. The largest absolute Gasteiger partial charge is 0.463 e. The van der Waals surface area contributed by atoms with Crippen LogP contribution in [-0.4, -0.2) is 26.2 Å². The van der Waals surface area contributed by atoms with Gasteiger partial charge in [-0.2, -0.15) is 0 Å². The van der Waals surface area contributed by atoms with Gasteiger partial charge in [0.2, 0.25) is 5.76 Å². The van der Waals surface area contributed by atoms with Crippen LogP contribution in [-0.2, 0) is 4.74 Å². The Balaban J connectivity index is 2.80. The van der Waals surface area contributed by atoms with E-state index in [1.165, 1.54) is 12.0 Å². The van der Waals surface area contributed by atoms with E-state index in [1.54, 1.807) is 6.07 Å². The van der Waals surface area contributed by atoms with E-state index in [9.17, 15) is 4.79 Å². The lowest BCUT2D eigenvalue weighted by molar-refractivity contribution is -0.927. The summed E-state index contributed by atoms with van der Waals surface area (Å²) in [4.78, 5) is 12.7. The molecule has 16 heavy (non-hydrogen) atoms. The van der Waals surface area contributed by atoms with Crippen molar-refractivity contribution in [3.05, 3.63) is 23.7 Å². The van der Waals surface area contributed by atoms with E-state index in [0.717, 1.165) is 18.8 Å². The predicted octanol–water partition coefficient (Wildman–Crippen LogP) is 1.05. The monoisotopic (exact) mass is 226 g/mol. The third-order valence-electron chi connectivity index (χ3n) is 2.96. The Morgan fingerprint density at radius 3 is 2.56 bits per heavy atom. The highest BCUT2D eigenvalue weighted by Gasteiger charge is 2.21. The molecule has 4 heteroatoms. The number of carbonyl (C=O) groups excluding carboxylic acids is 1. The molecule has 4 nitrogen and oxygen atoms in total. The highest BCUT2D eigenvalue weighted by atomic mass is 16.5. The lowest BCUT2D eigenvalue weighted by atomic mass is 10.2. The first-order chi connectivity index (χ1) is 7.63. The van der Waals surface area contributed by atoms with Gasteiger partial charge in [0.05, 0.1) is 20.2 Å². The number of nitrogens with one attached hydrogen (secondary N) is 1. The molecule has 1 aromatic rings. The number of carbonyl (C=O) groups is 1. The number of hydrogen-bond donors (Lipinski definition) is 1. The second kappa shape index (κ2) is 5.70. The van der Waals surface area contributed by atoms with E-state index in [-0.39, 0.29) is 11.8 Å². The summed E-state index contributed by atoms with van der Waals surface area (Å²) in [6, 6.07) is 3.77. The van der Waals surface area contributed by atoms with Crippen LogP contribution in [0.1, 0.15) is 43.1 Å². The Morgan fingerprint density at radius 2 is 2.06 bits per heavy atom. The fourth-order valence-electron chi connectivity index (χ4n) is 1.86. The van der Waals surface area contributed by atoms with Gasteiger partial charge in [0.1, 0.15) is 6.04 Å². The quantitative estimate of drug-likeness (QED) is 0.763. The molecule has 0 aliphatic heterocycles. The standard InChI is InChI=1S/C12H19NO3/c1-5-13(6-2)9(3)10-7-8-11(16-10)12(14)15-4/h7-9H,5-6H2,1-4H3/p+1/t9-/m1/s1. The van der Waals surface area contributed by atoms with Gasteiger partial charge in [0.15, 0.2) is 5.76 Å². The Labute approximate surface area is 96.2 Å². The highest BCUT2D eigenvalue weighted by Crippen LogP contribution is 2.14. The van der Waals surface area contributed by atoms with E-state index in [2.05, 4.69) is 25.5 Å². The van der Waals surface area contributed by atoms with Crippen molar-refractivity contribution < 1.29 is 18.8 Å². The van der Waals surface area contributed by atoms with Crippen LogP contribution in [0.4, 0.5) is 0 Å². The summed E-state index contributed by atoms with van der Waals surface area (Å²) < 4.78 is 10.1. The van der Waals surface area contributed by atoms with Crippen molar-refractivity contribution in [3.63, 3.8) is 0 Å². The first-order valence-electron chi connectivity index (χ1n) is 5.66. The Bertz CT molecular complexity index is 342. The molecular weight excluding hydrogens is 206 g/mol. The van der Waals surface area contributed by atoms with Crippen molar-refractivity contribution in [3.8, 4) is 0 Å². The second-order valence-electron chi connectivity index (χ2n) is 3.78. The van der Waals surface area contributed by atoms with Gasteiger partial charge in [0, 0.05) is 0 Å².